The van der Waals surface area contributed by atoms with Crippen LogP contribution in [0.4, 0.5) is 10.8 Å². The lowest BCUT2D eigenvalue weighted by molar-refractivity contribution is 0.415. The number of methoxy groups -OCH3 is 1. The quantitative estimate of drug-likeness (QED) is 0.852. The van der Waals surface area contributed by atoms with Crippen LogP contribution in [0.3, 0.4) is 0 Å². The number of aromatic nitrogens is 2. The largest absolute Gasteiger partial charge is 0.495 e. The summed E-state index contributed by atoms with van der Waals surface area (Å²) in [7, 11) is 1.69. The lowest BCUT2D eigenvalue weighted by atomic mass is 10.2. The molecule has 1 aromatic carbocycles. The fourth-order valence-corrected chi connectivity index (χ4v) is 3.05. The molecule has 1 aromatic heterocycles. The first-order valence-corrected chi connectivity index (χ1v) is 8.05. The zero-order valence-electron chi connectivity index (χ0n) is 12.2. The Morgan fingerprint density at radius 3 is 2.90 bits per heavy atom. The van der Waals surface area contributed by atoms with E-state index in [0.29, 0.717) is 12.5 Å². The van der Waals surface area contributed by atoms with Gasteiger partial charge in [0.1, 0.15) is 11.6 Å². The molecule has 6 heteroatoms. The smallest absolute Gasteiger partial charge is 0.209 e. The summed E-state index contributed by atoms with van der Waals surface area (Å²) in [5.41, 5.74) is 6.70. The van der Waals surface area contributed by atoms with E-state index in [9.17, 15) is 0 Å². The number of para-hydroxylation sites is 2. The molecule has 21 heavy (non-hydrogen) atoms. The molecule has 2 aromatic rings. The summed E-state index contributed by atoms with van der Waals surface area (Å²) >= 11 is 1.46. The predicted octanol–water partition coefficient (Wildman–Crippen LogP) is 2.91. The Kier molecular flexibility index (Phi) is 4.36. The van der Waals surface area contributed by atoms with Crippen LogP contribution < -0.4 is 15.4 Å². The third kappa shape index (κ3) is 3.16. The van der Waals surface area contributed by atoms with E-state index < -0.39 is 0 Å². The summed E-state index contributed by atoms with van der Waals surface area (Å²) in [5.74, 6) is 2.41. The van der Waals surface area contributed by atoms with Gasteiger partial charge in [0, 0.05) is 24.0 Å². The maximum atomic E-state index is 5.68. The third-order valence-electron chi connectivity index (χ3n) is 3.57. The minimum atomic E-state index is 0.573. The van der Waals surface area contributed by atoms with Gasteiger partial charge in [0.25, 0.3) is 0 Å². The molecule has 0 unspecified atom stereocenters. The molecule has 2 N–H and O–H groups in total. The lowest BCUT2D eigenvalue weighted by Gasteiger charge is -2.23. The van der Waals surface area contributed by atoms with Crippen molar-refractivity contribution in [1.82, 2.24) is 9.36 Å². The highest BCUT2D eigenvalue weighted by Gasteiger charge is 2.29. The Hall–Kier alpha value is -1.66. The van der Waals surface area contributed by atoms with Gasteiger partial charge in [-0.15, -0.1) is 0 Å². The van der Waals surface area contributed by atoms with Gasteiger partial charge in [-0.05, 0) is 37.9 Å². The van der Waals surface area contributed by atoms with Gasteiger partial charge >= 0.3 is 0 Å². The predicted molar refractivity (Wildman–Crippen MR) is 85.6 cm³/mol. The minimum Gasteiger partial charge on any atom is -0.495 e. The van der Waals surface area contributed by atoms with Crippen LogP contribution in [0.1, 0.15) is 31.0 Å². The van der Waals surface area contributed by atoms with E-state index in [1.165, 1.54) is 24.4 Å². The number of nitrogens with two attached hydrogens (primary N) is 1. The maximum absolute atomic E-state index is 5.68. The van der Waals surface area contributed by atoms with E-state index in [0.717, 1.165) is 35.4 Å². The molecular formula is C15H20N4OS. The number of hydrogen-bond acceptors (Lipinski definition) is 6. The van der Waals surface area contributed by atoms with Gasteiger partial charge in [0.15, 0.2) is 0 Å². The molecule has 1 fully saturated rings. The van der Waals surface area contributed by atoms with Gasteiger partial charge < -0.3 is 15.4 Å². The Labute approximate surface area is 128 Å². The van der Waals surface area contributed by atoms with Crippen molar-refractivity contribution in [1.29, 1.82) is 0 Å². The Morgan fingerprint density at radius 1 is 1.38 bits per heavy atom. The molecular weight excluding hydrogens is 284 g/mol. The van der Waals surface area contributed by atoms with E-state index in [4.69, 9.17) is 15.5 Å². The van der Waals surface area contributed by atoms with Gasteiger partial charge in [-0.3, -0.25) is 0 Å². The van der Waals surface area contributed by atoms with E-state index in [2.05, 4.69) is 9.27 Å². The number of nitrogens with zero attached hydrogens (tertiary/aromatic N) is 3. The molecule has 0 radical (unpaired) electrons. The molecule has 3 rings (SSSR count). The number of anilines is 2. The maximum Gasteiger partial charge on any atom is 0.209 e. The molecule has 1 saturated carbocycles. The van der Waals surface area contributed by atoms with Crippen molar-refractivity contribution in [3.05, 3.63) is 30.1 Å². The van der Waals surface area contributed by atoms with Crippen molar-refractivity contribution < 1.29 is 4.74 Å². The number of rotatable bonds is 7. The summed E-state index contributed by atoms with van der Waals surface area (Å²) in [6, 6.07) is 8.00. The Morgan fingerprint density at radius 2 is 2.19 bits per heavy atom. The summed E-state index contributed by atoms with van der Waals surface area (Å²) in [6.45, 7) is 1.47. The molecule has 0 bridgehead atoms. The standard InChI is InChI=1S/C15H20N4OS/c1-20-13-6-3-2-5-12(13)19(10-4-9-16)15-17-14(18-21-15)11-7-8-11/h2-3,5-6,11H,4,7-10,16H2,1H3. The molecule has 1 aliphatic rings. The van der Waals surface area contributed by atoms with E-state index in [-0.39, 0.29) is 0 Å². The average molecular weight is 304 g/mol. The first-order valence-electron chi connectivity index (χ1n) is 7.27. The first kappa shape index (κ1) is 14.3. The molecule has 5 nitrogen and oxygen atoms in total. The lowest BCUT2D eigenvalue weighted by Crippen LogP contribution is -2.21. The second kappa shape index (κ2) is 6.41. The van der Waals surface area contributed by atoms with Gasteiger partial charge in [-0.25, -0.2) is 4.98 Å². The Bertz CT molecular complexity index is 597. The molecule has 1 aliphatic carbocycles. The molecule has 0 amide bonds. The summed E-state index contributed by atoms with van der Waals surface area (Å²) in [4.78, 5) is 6.88. The van der Waals surface area contributed by atoms with E-state index >= 15 is 0 Å². The van der Waals surface area contributed by atoms with Crippen LogP contribution in [0.2, 0.25) is 0 Å². The molecule has 0 aliphatic heterocycles. The molecule has 112 valence electrons. The summed E-state index contributed by atoms with van der Waals surface area (Å²) in [5, 5.41) is 0.926. The van der Waals surface area contributed by atoms with E-state index in [1.54, 1.807) is 7.11 Å². The highest BCUT2D eigenvalue weighted by Crippen LogP contribution is 2.41. The van der Waals surface area contributed by atoms with Gasteiger partial charge in [-0.2, -0.15) is 4.37 Å². The zero-order chi connectivity index (χ0) is 14.7. The Balaban J connectivity index is 1.91. The van der Waals surface area contributed by atoms with Crippen molar-refractivity contribution in [2.45, 2.75) is 25.2 Å². The third-order valence-corrected chi connectivity index (χ3v) is 4.32. The monoisotopic (exact) mass is 304 g/mol. The van der Waals surface area contributed by atoms with Crippen LogP contribution in [-0.2, 0) is 0 Å². The number of hydrogen-bond donors (Lipinski definition) is 1. The van der Waals surface area contributed by atoms with Gasteiger partial charge in [0.2, 0.25) is 5.13 Å². The molecule has 0 saturated heterocycles. The zero-order valence-corrected chi connectivity index (χ0v) is 13.0. The first-order chi connectivity index (χ1) is 10.3. The van der Waals surface area contributed by atoms with Crippen molar-refractivity contribution in [2.75, 3.05) is 25.1 Å². The van der Waals surface area contributed by atoms with Crippen LogP contribution >= 0.6 is 11.5 Å². The number of benzene rings is 1. The minimum absolute atomic E-state index is 0.573. The van der Waals surface area contributed by atoms with Crippen LogP contribution in [0.15, 0.2) is 24.3 Å². The van der Waals surface area contributed by atoms with Crippen molar-refractivity contribution in [3.8, 4) is 5.75 Å². The fourth-order valence-electron chi connectivity index (χ4n) is 2.26. The highest BCUT2D eigenvalue weighted by atomic mass is 32.1. The SMILES string of the molecule is COc1ccccc1N(CCCN)c1nc(C2CC2)ns1. The van der Waals surface area contributed by atoms with Crippen LogP contribution in [0, 0.1) is 0 Å². The fraction of sp³-hybridized carbons (Fsp3) is 0.467. The topological polar surface area (TPSA) is 64.3 Å². The highest BCUT2D eigenvalue weighted by molar-refractivity contribution is 7.09. The average Bonchev–Trinajstić information content (AvgIpc) is 3.27. The molecule has 0 spiro atoms. The van der Waals surface area contributed by atoms with Crippen molar-refractivity contribution >= 4 is 22.4 Å². The van der Waals surface area contributed by atoms with Crippen LogP contribution in [0.5, 0.6) is 5.75 Å². The van der Waals surface area contributed by atoms with Crippen LogP contribution in [0.25, 0.3) is 0 Å². The van der Waals surface area contributed by atoms with Gasteiger partial charge in [-0.1, -0.05) is 12.1 Å². The van der Waals surface area contributed by atoms with Crippen molar-refractivity contribution in [3.63, 3.8) is 0 Å². The second-order valence-electron chi connectivity index (χ2n) is 5.18. The normalized spacial score (nSPS) is 14.2. The summed E-state index contributed by atoms with van der Waals surface area (Å²) in [6.07, 6.45) is 3.33. The molecule has 0 atom stereocenters. The van der Waals surface area contributed by atoms with Crippen molar-refractivity contribution in [2.24, 2.45) is 5.73 Å². The summed E-state index contributed by atoms with van der Waals surface area (Å²) < 4.78 is 9.98. The second-order valence-corrected chi connectivity index (χ2v) is 5.91. The van der Waals surface area contributed by atoms with Crippen LogP contribution in [-0.4, -0.2) is 29.6 Å². The number of ether oxygens (including phenoxy) is 1. The van der Waals surface area contributed by atoms with E-state index in [1.807, 2.05) is 24.3 Å². The molecule has 1 heterocycles. The van der Waals surface area contributed by atoms with Gasteiger partial charge in [0.05, 0.1) is 12.8 Å².